The van der Waals surface area contributed by atoms with Crippen LogP contribution in [0.1, 0.15) is 29.7 Å². The molecule has 2 rings (SSSR count). The Morgan fingerprint density at radius 3 is 2.95 bits per heavy atom. The Labute approximate surface area is 126 Å². The fourth-order valence-electron chi connectivity index (χ4n) is 2.69. The maximum atomic E-state index is 11.8. The summed E-state index contributed by atoms with van der Waals surface area (Å²) in [5.74, 6) is -1.74. The molecule has 0 radical (unpaired) electrons. The maximum Gasteiger partial charge on any atom is 0.307 e. The number of carboxylic acids is 1. The number of fused-ring (bicyclic) bond motifs is 1. The summed E-state index contributed by atoms with van der Waals surface area (Å²) in [7, 11) is 0. The van der Waals surface area contributed by atoms with Gasteiger partial charge >= 0.3 is 5.97 Å². The Bertz CT molecular complexity index is 555. The average molecular weight is 314 g/mol. The molecule has 1 aromatic rings. The van der Waals surface area contributed by atoms with Crippen LogP contribution < -0.4 is 0 Å². The highest BCUT2D eigenvalue weighted by molar-refractivity contribution is 7.16. The van der Waals surface area contributed by atoms with Crippen molar-refractivity contribution in [1.82, 2.24) is 4.90 Å². The van der Waals surface area contributed by atoms with E-state index in [1.807, 2.05) is 13.0 Å². The van der Waals surface area contributed by atoms with Crippen LogP contribution in [0.5, 0.6) is 0 Å². The quantitative estimate of drug-likeness (QED) is 0.869. The van der Waals surface area contributed by atoms with Gasteiger partial charge in [0.05, 0.1) is 16.8 Å². The van der Waals surface area contributed by atoms with Crippen molar-refractivity contribution in [3.8, 4) is 0 Å². The SMILES string of the molecule is C=CC(=O)N1Cc2sc(Cl)cc2[C@@H]([C@H](CC)C(=O)O)C1. The van der Waals surface area contributed by atoms with Crippen LogP contribution in [0, 0.1) is 5.92 Å². The van der Waals surface area contributed by atoms with E-state index in [1.165, 1.54) is 17.4 Å². The summed E-state index contributed by atoms with van der Waals surface area (Å²) < 4.78 is 0.633. The van der Waals surface area contributed by atoms with Gasteiger partial charge in [-0.05, 0) is 24.1 Å². The van der Waals surface area contributed by atoms with Gasteiger partial charge in [-0.3, -0.25) is 9.59 Å². The van der Waals surface area contributed by atoms with Crippen molar-refractivity contribution in [1.29, 1.82) is 0 Å². The lowest BCUT2D eigenvalue weighted by atomic mass is 9.82. The number of halogens is 1. The van der Waals surface area contributed by atoms with Crippen LogP contribution in [-0.4, -0.2) is 28.4 Å². The van der Waals surface area contributed by atoms with Gasteiger partial charge in [0, 0.05) is 17.3 Å². The molecule has 1 aromatic heterocycles. The van der Waals surface area contributed by atoms with Crippen molar-refractivity contribution in [3.63, 3.8) is 0 Å². The molecule has 0 saturated carbocycles. The normalized spacial score (nSPS) is 19.3. The third kappa shape index (κ3) is 2.74. The van der Waals surface area contributed by atoms with Crippen LogP contribution in [0.25, 0.3) is 0 Å². The van der Waals surface area contributed by atoms with E-state index in [0.29, 0.717) is 23.8 Å². The third-order valence-corrected chi connectivity index (χ3v) is 4.96. The van der Waals surface area contributed by atoms with Gasteiger partial charge in [0.2, 0.25) is 5.91 Å². The van der Waals surface area contributed by atoms with Crippen LogP contribution in [0.2, 0.25) is 4.34 Å². The molecule has 6 heteroatoms. The van der Waals surface area contributed by atoms with E-state index in [-0.39, 0.29) is 11.8 Å². The second-order valence-corrected chi connectivity index (χ2v) is 6.58. The van der Waals surface area contributed by atoms with Gasteiger partial charge in [-0.1, -0.05) is 25.1 Å². The highest BCUT2D eigenvalue weighted by Gasteiger charge is 2.36. The Balaban J connectivity index is 2.41. The molecule has 2 atom stereocenters. The zero-order valence-corrected chi connectivity index (χ0v) is 12.7. The first-order valence-corrected chi connectivity index (χ1v) is 7.59. The summed E-state index contributed by atoms with van der Waals surface area (Å²) in [6, 6.07) is 1.84. The number of hydrogen-bond donors (Lipinski definition) is 1. The van der Waals surface area contributed by atoms with Crippen LogP contribution in [-0.2, 0) is 16.1 Å². The molecule has 4 nitrogen and oxygen atoms in total. The maximum absolute atomic E-state index is 11.8. The first-order chi connectivity index (χ1) is 9.47. The molecule has 0 spiro atoms. The van der Waals surface area contributed by atoms with E-state index in [2.05, 4.69) is 6.58 Å². The Kier molecular flexibility index (Phi) is 4.50. The van der Waals surface area contributed by atoms with E-state index in [9.17, 15) is 14.7 Å². The zero-order chi connectivity index (χ0) is 14.9. The molecule has 0 saturated heterocycles. The highest BCUT2D eigenvalue weighted by Crippen LogP contribution is 2.41. The first-order valence-electron chi connectivity index (χ1n) is 6.40. The van der Waals surface area contributed by atoms with Crippen molar-refractivity contribution in [2.45, 2.75) is 25.8 Å². The van der Waals surface area contributed by atoms with Gasteiger partial charge in [-0.25, -0.2) is 0 Å². The summed E-state index contributed by atoms with van der Waals surface area (Å²) in [5.41, 5.74) is 0.974. The Morgan fingerprint density at radius 1 is 1.70 bits per heavy atom. The lowest BCUT2D eigenvalue weighted by molar-refractivity contribution is -0.143. The summed E-state index contributed by atoms with van der Waals surface area (Å²) >= 11 is 7.46. The number of thiophene rings is 1. The summed E-state index contributed by atoms with van der Waals surface area (Å²) in [5, 5.41) is 9.39. The van der Waals surface area contributed by atoms with Crippen molar-refractivity contribution < 1.29 is 14.7 Å². The number of aliphatic carboxylic acids is 1. The van der Waals surface area contributed by atoms with Gasteiger partial charge in [-0.2, -0.15) is 0 Å². The highest BCUT2D eigenvalue weighted by atomic mass is 35.5. The molecule has 1 amide bonds. The molecule has 0 unspecified atom stereocenters. The van der Waals surface area contributed by atoms with E-state index >= 15 is 0 Å². The predicted octanol–water partition coefficient (Wildman–Crippen LogP) is 3.12. The molecule has 20 heavy (non-hydrogen) atoms. The molecule has 0 aliphatic carbocycles. The second kappa shape index (κ2) is 5.97. The molecule has 0 bridgehead atoms. The monoisotopic (exact) mass is 313 g/mol. The minimum atomic E-state index is -0.835. The molecule has 0 aromatic carbocycles. The van der Waals surface area contributed by atoms with Crippen molar-refractivity contribution in [2.24, 2.45) is 5.92 Å². The van der Waals surface area contributed by atoms with Crippen LogP contribution in [0.4, 0.5) is 0 Å². The molecule has 0 fully saturated rings. The first kappa shape index (κ1) is 15.1. The lowest BCUT2D eigenvalue weighted by Gasteiger charge is -2.34. The van der Waals surface area contributed by atoms with Crippen molar-refractivity contribution in [2.75, 3.05) is 6.54 Å². The van der Waals surface area contributed by atoms with Gasteiger partial charge in [0.25, 0.3) is 0 Å². The minimum Gasteiger partial charge on any atom is -0.481 e. The van der Waals surface area contributed by atoms with Crippen LogP contribution in [0.3, 0.4) is 0 Å². The number of carboxylic acid groups (broad SMARTS) is 1. The molecular weight excluding hydrogens is 298 g/mol. The molecule has 2 heterocycles. The number of amides is 1. The summed E-state index contributed by atoms with van der Waals surface area (Å²) in [6.45, 7) is 6.21. The Hall–Kier alpha value is -1.33. The fourth-order valence-corrected chi connectivity index (χ4v) is 4.06. The van der Waals surface area contributed by atoms with Gasteiger partial charge in [0.1, 0.15) is 0 Å². The molecule has 1 aliphatic rings. The second-order valence-electron chi connectivity index (χ2n) is 4.81. The van der Waals surface area contributed by atoms with Crippen LogP contribution in [0.15, 0.2) is 18.7 Å². The topological polar surface area (TPSA) is 57.6 Å². The smallest absolute Gasteiger partial charge is 0.307 e. The third-order valence-electron chi connectivity index (χ3n) is 3.69. The zero-order valence-electron chi connectivity index (χ0n) is 11.1. The van der Waals surface area contributed by atoms with Crippen molar-refractivity contribution in [3.05, 3.63) is 33.5 Å². The van der Waals surface area contributed by atoms with E-state index in [4.69, 9.17) is 11.6 Å². The Morgan fingerprint density at radius 2 is 2.40 bits per heavy atom. The van der Waals surface area contributed by atoms with E-state index in [1.54, 1.807) is 4.90 Å². The lowest BCUT2D eigenvalue weighted by Crippen LogP contribution is -2.40. The molecule has 1 aliphatic heterocycles. The number of carbonyl (C=O) groups excluding carboxylic acids is 1. The van der Waals surface area contributed by atoms with Gasteiger partial charge in [0.15, 0.2) is 0 Å². The van der Waals surface area contributed by atoms with Crippen molar-refractivity contribution >= 4 is 34.8 Å². The number of hydrogen-bond acceptors (Lipinski definition) is 3. The number of rotatable bonds is 4. The minimum absolute atomic E-state index is 0.176. The number of nitrogens with zero attached hydrogens (tertiary/aromatic N) is 1. The summed E-state index contributed by atoms with van der Waals surface area (Å²) in [6.07, 6.45) is 1.78. The largest absolute Gasteiger partial charge is 0.481 e. The van der Waals surface area contributed by atoms with Gasteiger partial charge in [-0.15, -0.1) is 11.3 Å². The standard InChI is InChI=1S/C14H16ClNO3S/c1-3-8(14(18)19)10-6-16(13(17)4-2)7-11-9(10)5-12(15)20-11/h4-5,8,10H,2-3,6-7H2,1H3,(H,18,19)/t8-,10+/m0/s1. The van der Waals surface area contributed by atoms with Crippen LogP contribution >= 0.6 is 22.9 Å². The van der Waals surface area contributed by atoms with Gasteiger partial charge < -0.3 is 10.0 Å². The summed E-state index contributed by atoms with van der Waals surface area (Å²) in [4.78, 5) is 25.9. The number of carbonyl (C=O) groups is 2. The van der Waals surface area contributed by atoms with E-state index < -0.39 is 11.9 Å². The molecule has 108 valence electrons. The van der Waals surface area contributed by atoms with E-state index in [0.717, 1.165) is 10.4 Å². The average Bonchev–Trinajstić information content (AvgIpc) is 2.78. The molecular formula is C14H16ClNO3S. The molecule has 1 N–H and O–H groups in total. The fraction of sp³-hybridized carbons (Fsp3) is 0.429. The predicted molar refractivity (Wildman–Crippen MR) is 79.1 cm³/mol.